The third kappa shape index (κ3) is 5.31. The van der Waals surface area contributed by atoms with Gasteiger partial charge in [-0.15, -0.1) is 0 Å². The van der Waals surface area contributed by atoms with E-state index in [1.54, 1.807) is 0 Å². The highest BCUT2D eigenvalue weighted by atomic mass is 15.2. The molecular formula is C43H35N3. The Balaban J connectivity index is 1.27. The van der Waals surface area contributed by atoms with Crippen LogP contribution in [0.25, 0.3) is 54.2 Å². The van der Waals surface area contributed by atoms with E-state index in [0.717, 1.165) is 5.56 Å². The summed E-state index contributed by atoms with van der Waals surface area (Å²) >= 11 is 0. The van der Waals surface area contributed by atoms with Crippen LogP contribution >= 0.6 is 0 Å². The second-order valence-electron chi connectivity index (χ2n) is 12.0. The van der Waals surface area contributed by atoms with Crippen LogP contribution in [0.1, 0.15) is 29.0 Å². The van der Waals surface area contributed by atoms with Crippen molar-refractivity contribution in [3.05, 3.63) is 180 Å². The fourth-order valence-corrected chi connectivity index (χ4v) is 6.88. The highest BCUT2D eigenvalue weighted by Gasteiger charge is 2.22. The largest absolute Gasteiger partial charge is 0.312 e. The molecule has 0 heterocycles. The summed E-state index contributed by atoms with van der Waals surface area (Å²) < 4.78 is 0. The van der Waals surface area contributed by atoms with Crippen LogP contribution in [0.3, 0.4) is 0 Å². The molecule has 2 atom stereocenters. The van der Waals surface area contributed by atoms with Gasteiger partial charge in [-0.25, -0.2) is 0 Å². The van der Waals surface area contributed by atoms with Crippen molar-refractivity contribution in [2.24, 2.45) is 5.73 Å². The summed E-state index contributed by atoms with van der Waals surface area (Å²) in [6, 6.07) is 58.4. The first-order valence-electron chi connectivity index (χ1n) is 15.9. The summed E-state index contributed by atoms with van der Waals surface area (Å²) in [5.74, 6) is 0. The van der Waals surface area contributed by atoms with E-state index in [0.29, 0.717) is 6.54 Å². The van der Waals surface area contributed by atoms with Crippen LogP contribution < -0.4 is 16.4 Å². The molecule has 0 amide bonds. The van der Waals surface area contributed by atoms with Gasteiger partial charge in [0.25, 0.3) is 0 Å². The standard InChI is InChI=1S/C43H35N3/c44-42(31-14-2-1-3-15-31)46-43(45-28-36-18-8-9-19-37(36)34-24-22-29-12-4-5-16-32(29)26-34)41-39-21-11-7-17-33(39)27-35-25-23-30-13-6-10-20-38(30)40(35)41/h1-27,42-43,45-46H,28,44H2. The maximum Gasteiger partial charge on any atom is 0.0864 e. The summed E-state index contributed by atoms with van der Waals surface area (Å²) in [7, 11) is 0. The number of rotatable bonds is 8. The van der Waals surface area contributed by atoms with Crippen LogP contribution in [0.15, 0.2) is 164 Å². The van der Waals surface area contributed by atoms with E-state index < -0.39 is 0 Å². The van der Waals surface area contributed by atoms with Crippen LogP contribution in [0, 0.1) is 0 Å². The molecule has 0 bridgehead atoms. The van der Waals surface area contributed by atoms with Crippen molar-refractivity contribution in [3.63, 3.8) is 0 Å². The quantitative estimate of drug-likeness (QED) is 0.0934. The number of hydrogen-bond acceptors (Lipinski definition) is 3. The van der Waals surface area contributed by atoms with Gasteiger partial charge in [0.15, 0.2) is 0 Å². The van der Waals surface area contributed by atoms with Gasteiger partial charge in [-0.05, 0) is 83.0 Å². The van der Waals surface area contributed by atoms with Crippen molar-refractivity contribution in [1.29, 1.82) is 0 Å². The van der Waals surface area contributed by atoms with Crippen molar-refractivity contribution < 1.29 is 0 Å². The minimum atomic E-state index is -0.376. The van der Waals surface area contributed by atoms with Crippen molar-refractivity contribution >= 4 is 43.1 Å². The minimum absolute atomic E-state index is 0.251. The molecule has 0 aliphatic carbocycles. The van der Waals surface area contributed by atoms with Crippen molar-refractivity contribution in [3.8, 4) is 11.1 Å². The summed E-state index contributed by atoms with van der Waals surface area (Å²) in [6.07, 6.45) is -0.627. The topological polar surface area (TPSA) is 50.1 Å². The molecule has 0 saturated heterocycles. The Kier molecular flexibility index (Phi) is 7.49. The molecule has 0 fully saturated rings. The summed E-state index contributed by atoms with van der Waals surface area (Å²) in [5, 5.41) is 17.6. The predicted octanol–water partition coefficient (Wildman–Crippen LogP) is 10.0. The molecule has 0 aliphatic heterocycles. The normalized spacial score (nSPS) is 13.0. The van der Waals surface area contributed by atoms with Crippen LogP contribution in [0.4, 0.5) is 0 Å². The lowest BCUT2D eigenvalue weighted by Gasteiger charge is -2.28. The van der Waals surface area contributed by atoms with E-state index >= 15 is 0 Å². The smallest absolute Gasteiger partial charge is 0.0864 e. The average molecular weight is 594 g/mol. The Hall–Kier alpha value is -5.32. The summed E-state index contributed by atoms with van der Waals surface area (Å²) in [6.45, 7) is 0.650. The lowest BCUT2D eigenvalue weighted by Crippen LogP contribution is -2.40. The first kappa shape index (κ1) is 28.2. The fourth-order valence-electron chi connectivity index (χ4n) is 6.88. The average Bonchev–Trinajstić information content (AvgIpc) is 3.12. The van der Waals surface area contributed by atoms with Gasteiger partial charge in [0.05, 0.1) is 12.3 Å². The van der Waals surface area contributed by atoms with Gasteiger partial charge < -0.3 is 5.73 Å². The third-order valence-corrected chi connectivity index (χ3v) is 9.16. The van der Waals surface area contributed by atoms with Crippen LogP contribution in [0.2, 0.25) is 0 Å². The highest BCUT2D eigenvalue weighted by Crippen LogP contribution is 2.38. The maximum atomic E-state index is 6.93. The second-order valence-corrected chi connectivity index (χ2v) is 12.0. The number of nitrogens with two attached hydrogens (primary N) is 1. The van der Waals surface area contributed by atoms with Gasteiger partial charge in [0, 0.05) is 6.54 Å². The molecule has 222 valence electrons. The lowest BCUT2D eigenvalue weighted by molar-refractivity contribution is 0.390. The van der Waals surface area contributed by atoms with Gasteiger partial charge in [-0.2, -0.15) is 0 Å². The molecular weight excluding hydrogens is 558 g/mol. The van der Waals surface area contributed by atoms with Crippen molar-refractivity contribution in [2.45, 2.75) is 18.9 Å². The Morgan fingerprint density at radius 3 is 1.98 bits per heavy atom. The number of fused-ring (bicyclic) bond motifs is 5. The summed E-state index contributed by atoms with van der Waals surface area (Å²) in [5.41, 5.74) is 12.8. The first-order valence-corrected chi connectivity index (χ1v) is 15.9. The Morgan fingerprint density at radius 2 is 1.13 bits per heavy atom. The van der Waals surface area contributed by atoms with Crippen LogP contribution in [-0.2, 0) is 6.54 Å². The second kappa shape index (κ2) is 12.2. The fraction of sp³-hybridized carbons (Fsp3) is 0.0698. The van der Waals surface area contributed by atoms with Crippen molar-refractivity contribution in [2.75, 3.05) is 0 Å². The molecule has 0 spiro atoms. The van der Waals surface area contributed by atoms with Gasteiger partial charge in [0.2, 0.25) is 0 Å². The molecule has 0 saturated carbocycles. The third-order valence-electron chi connectivity index (χ3n) is 9.16. The molecule has 3 heteroatoms. The number of hydrogen-bond donors (Lipinski definition) is 3. The molecule has 46 heavy (non-hydrogen) atoms. The number of benzene rings is 8. The SMILES string of the molecule is NC(NC(NCc1ccccc1-c1ccc2ccccc2c1)c1c2ccccc2cc2ccc3ccccc3c12)c1ccccc1. The van der Waals surface area contributed by atoms with Crippen LogP contribution in [-0.4, -0.2) is 0 Å². The predicted molar refractivity (Wildman–Crippen MR) is 194 cm³/mol. The van der Waals surface area contributed by atoms with Gasteiger partial charge >= 0.3 is 0 Å². The Morgan fingerprint density at radius 1 is 0.500 bits per heavy atom. The zero-order valence-electron chi connectivity index (χ0n) is 25.5. The molecule has 8 aromatic rings. The van der Waals surface area contributed by atoms with E-state index in [1.807, 2.05) is 18.2 Å². The minimum Gasteiger partial charge on any atom is -0.312 e. The molecule has 0 aliphatic rings. The van der Waals surface area contributed by atoms with Gasteiger partial charge in [-0.3, -0.25) is 10.6 Å². The van der Waals surface area contributed by atoms with Gasteiger partial charge in [0.1, 0.15) is 0 Å². The number of nitrogens with one attached hydrogen (secondary N) is 2. The zero-order chi connectivity index (χ0) is 30.9. The molecule has 8 aromatic carbocycles. The van der Waals surface area contributed by atoms with Gasteiger partial charge in [-0.1, -0.05) is 152 Å². The van der Waals surface area contributed by atoms with E-state index in [9.17, 15) is 0 Å². The van der Waals surface area contributed by atoms with Crippen LogP contribution in [0.5, 0.6) is 0 Å². The molecule has 0 aromatic heterocycles. The highest BCUT2D eigenvalue weighted by molar-refractivity contribution is 6.15. The lowest BCUT2D eigenvalue weighted by atomic mass is 9.91. The zero-order valence-corrected chi connectivity index (χ0v) is 25.5. The first-order chi connectivity index (χ1) is 22.7. The molecule has 2 unspecified atom stereocenters. The van der Waals surface area contributed by atoms with E-state index in [1.165, 1.54) is 65.3 Å². The van der Waals surface area contributed by atoms with E-state index in [4.69, 9.17) is 5.73 Å². The monoisotopic (exact) mass is 593 g/mol. The molecule has 8 rings (SSSR count). The molecule has 3 nitrogen and oxygen atoms in total. The Bertz CT molecular complexity index is 2330. The maximum absolute atomic E-state index is 6.93. The summed E-state index contributed by atoms with van der Waals surface area (Å²) in [4.78, 5) is 0. The van der Waals surface area contributed by atoms with E-state index in [-0.39, 0.29) is 12.3 Å². The molecule has 0 radical (unpaired) electrons. The van der Waals surface area contributed by atoms with Crippen molar-refractivity contribution in [1.82, 2.24) is 10.6 Å². The Labute approximate surface area is 269 Å². The van der Waals surface area contributed by atoms with E-state index in [2.05, 4.69) is 156 Å². The molecule has 4 N–H and O–H groups in total.